The molecule has 5 heteroatoms. The molecule has 0 bridgehead atoms. The van der Waals surface area contributed by atoms with Crippen LogP contribution in [-0.2, 0) is 0 Å². The summed E-state index contributed by atoms with van der Waals surface area (Å²) >= 11 is 11.1. The summed E-state index contributed by atoms with van der Waals surface area (Å²) in [6.07, 6.45) is 0. The van der Waals surface area contributed by atoms with Crippen LogP contribution in [0.15, 0.2) is 48.5 Å². The van der Waals surface area contributed by atoms with E-state index in [0.29, 0.717) is 10.1 Å². The third-order valence-corrected chi connectivity index (χ3v) is 3.29. The van der Waals surface area contributed by atoms with Gasteiger partial charge in [0.05, 0.1) is 6.04 Å². The number of hydrogen-bond acceptors (Lipinski definition) is 1. The fourth-order valence-electron chi connectivity index (χ4n) is 1.73. The number of hydrogen-bond donors (Lipinski definition) is 2. The van der Waals surface area contributed by atoms with Crippen LogP contribution >= 0.6 is 23.8 Å². The second-order valence-corrected chi connectivity index (χ2v) is 5.22. The van der Waals surface area contributed by atoms with Gasteiger partial charge in [0, 0.05) is 10.7 Å². The fraction of sp³-hybridized carbons (Fsp3) is 0.133. The Balaban J connectivity index is 1.93. The standard InChI is InChI=1S/C15H14ClFN2S/c1-10(11-2-4-12(16)5-3-11)18-15(20)19-14-8-6-13(17)7-9-14/h2-10H,1H3,(H2,18,19,20)/t10-/m1/s1. The molecular formula is C15H14ClFN2S. The third kappa shape index (κ3) is 4.18. The van der Waals surface area contributed by atoms with Gasteiger partial charge in [0.1, 0.15) is 5.82 Å². The summed E-state index contributed by atoms with van der Waals surface area (Å²) in [6, 6.07) is 13.7. The van der Waals surface area contributed by atoms with Gasteiger partial charge in [0.15, 0.2) is 5.11 Å². The fourth-order valence-corrected chi connectivity index (χ4v) is 2.15. The highest BCUT2D eigenvalue weighted by atomic mass is 35.5. The minimum absolute atomic E-state index is 0.0488. The molecule has 1 atom stereocenters. The van der Waals surface area contributed by atoms with Crippen LogP contribution in [0.25, 0.3) is 0 Å². The summed E-state index contributed by atoms with van der Waals surface area (Å²) < 4.78 is 12.8. The Hall–Kier alpha value is -1.65. The molecule has 0 radical (unpaired) electrons. The van der Waals surface area contributed by atoms with Gasteiger partial charge in [-0.05, 0) is 61.1 Å². The van der Waals surface area contributed by atoms with Crippen molar-refractivity contribution in [2.75, 3.05) is 5.32 Å². The Morgan fingerprint density at radius 1 is 1.10 bits per heavy atom. The lowest BCUT2D eigenvalue weighted by Gasteiger charge is -2.17. The van der Waals surface area contributed by atoms with Crippen molar-refractivity contribution in [3.05, 3.63) is 64.9 Å². The SMILES string of the molecule is C[C@@H](NC(=S)Nc1ccc(F)cc1)c1ccc(Cl)cc1. The average Bonchev–Trinajstić information content (AvgIpc) is 2.42. The second kappa shape index (κ2) is 6.68. The van der Waals surface area contributed by atoms with Crippen LogP contribution in [0.4, 0.5) is 10.1 Å². The largest absolute Gasteiger partial charge is 0.356 e. The monoisotopic (exact) mass is 308 g/mol. The molecule has 2 aromatic carbocycles. The summed E-state index contributed by atoms with van der Waals surface area (Å²) in [6.45, 7) is 2.00. The molecule has 0 spiro atoms. The predicted octanol–water partition coefficient (Wildman–Crippen LogP) is 4.53. The van der Waals surface area contributed by atoms with Crippen molar-refractivity contribution < 1.29 is 4.39 Å². The topological polar surface area (TPSA) is 24.1 Å². The lowest BCUT2D eigenvalue weighted by Crippen LogP contribution is -2.30. The quantitative estimate of drug-likeness (QED) is 0.815. The van der Waals surface area contributed by atoms with Crippen molar-refractivity contribution in [1.82, 2.24) is 5.32 Å². The molecule has 2 N–H and O–H groups in total. The van der Waals surface area contributed by atoms with E-state index in [0.717, 1.165) is 11.3 Å². The third-order valence-electron chi connectivity index (χ3n) is 2.82. The molecule has 0 aliphatic carbocycles. The summed E-state index contributed by atoms with van der Waals surface area (Å²) in [7, 11) is 0. The van der Waals surface area contributed by atoms with Gasteiger partial charge in [-0.1, -0.05) is 23.7 Å². The minimum atomic E-state index is -0.274. The van der Waals surface area contributed by atoms with Crippen LogP contribution in [0.1, 0.15) is 18.5 Å². The molecule has 0 fully saturated rings. The lowest BCUT2D eigenvalue weighted by atomic mass is 10.1. The molecule has 20 heavy (non-hydrogen) atoms. The molecule has 104 valence electrons. The van der Waals surface area contributed by atoms with E-state index in [2.05, 4.69) is 10.6 Å². The van der Waals surface area contributed by atoms with Crippen LogP contribution in [0.2, 0.25) is 5.02 Å². The molecule has 0 heterocycles. The van der Waals surface area contributed by atoms with Gasteiger partial charge in [-0.2, -0.15) is 0 Å². The molecule has 2 aromatic rings. The normalized spacial score (nSPS) is 11.8. The molecule has 0 saturated carbocycles. The van der Waals surface area contributed by atoms with Crippen LogP contribution in [0.5, 0.6) is 0 Å². The van der Waals surface area contributed by atoms with Gasteiger partial charge in [-0.3, -0.25) is 0 Å². The number of anilines is 1. The predicted molar refractivity (Wildman–Crippen MR) is 85.6 cm³/mol. The maximum absolute atomic E-state index is 12.8. The van der Waals surface area contributed by atoms with E-state index < -0.39 is 0 Å². The number of thiocarbonyl (C=S) groups is 1. The molecule has 2 nitrogen and oxygen atoms in total. The van der Waals surface area contributed by atoms with E-state index in [-0.39, 0.29) is 11.9 Å². The number of benzene rings is 2. The maximum atomic E-state index is 12.8. The zero-order chi connectivity index (χ0) is 14.5. The van der Waals surface area contributed by atoms with Crippen molar-refractivity contribution in [2.45, 2.75) is 13.0 Å². The molecule has 2 rings (SSSR count). The summed E-state index contributed by atoms with van der Waals surface area (Å²) in [4.78, 5) is 0. The Morgan fingerprint density at radius 2 is 1.70 bits per heavy atom. The Kier molecular flexibility index (Phi) is 4.93. The summed E-state index contributed by atoms with van der Waals surface area (Å²) in [5, 5.41) is 7.36. The first kappa shape index (κ1) is 14.8. The Labute approximate surface area is 128 Å². The van der Waals surface area contributed by atoms with Crippen molar-refractivity contribution in [3.8, 4) is 0 Å². The first-order valence-electron chi connectivity index (χ1n) is 6.13. The van der Waals surface area contributed by atoms with Gasteiger partial charge in [0.25, 0.3) is 0 Å². The van der Waals surface area contributed by atoms with E-state index in [9.17, 15) is 4.39 Å². The number of rotatable bonds is 3. The van der Waals surface area contributed by atoms with Crippen molar-refractivity contribution in [2.24, 2.45) is 0 Å². The van der Waals surface area contributed by atoms with Crippen LogP contribution in [0, 0.1) is 5.82 Å². The van der Waals surface area contributed by atoms with E-state index in [4.69, 9.17) is 23.8 Å². The van der Waals surface area contributed by atoms with E-state index in [1.54, 1.807) is 12.1 Å². The molecule has 0 amide bonds. The number of nitrogens with one attached hydrogen (secondary N) is 2. The average molecular weight is 309 g/mol. The van der Waals surface area contributed by atoms with E-state index in [1.165, 1.54) is 12.1 Å². The Bertz CT molecular complexity index is 584. The van der Waals surface area contributed by atoms with Crippen molar-refractivity contribution in [1.29, 1.82) is 0 Å². The number of halogens is 2. The molecule has 0 aliphatic heterocycles. The summed E-state index contributed by atoms with van der Waals surface area (Å²) in [5.41, 5.74) is 1.82. The van der Waals surface area contributed by atoms with Crippen LogP contribution < -0.4 is 10.6 Å². The maximum Gasteiger partial charge on any atom is 0.171 e. The van der Waals surface area contributed by atoms with Gasteiger partial charge < -0.3 is 10.6 Å². The van der Waals surface area contributed by atoms with Gasteiger partial charge in [-0.15, -0.1) is 0 Å². The molecule has 0 aliphatic rings. The summed E-state index contributed by atoms with van der Waals surface area (Å²) in [5.74, 6) is -0.274. The van der Waals surface area contributed by atoms with Crippen LogP contribution in [-0.4, -0.2) is 5.11 Å². The van der Waals surface area contributed by atoms with Gasteiger partial charge in [-0.25, -0.2) is 4.39 Å². The molecule has 0 saturated heterocycles. The van der Waals surface area contributed by atoms with Gasteiger partial charge >= 0.3 is 0 Å². The zero-order valence-electron chi connectivity index (χ0n) is 10.9. The highest BCUT2D eigenvalue weighted by Crippen LogP contribution is 2.16. The Morgan fingerprint density at radius 3 is 2.30 bits per heavy atom. The van der Waals surface area contributed by atoms with Gasteiger partial charge in [0.2, 0.25) is 0 Å². The second-order valence-electron chi connectivity index (χ2n) is 4.38. The zero-order valence-corrected chi connectivity index (χ0v) is 12.4. The first-order chi connectivity index (χ1) is 9.54. The minimum Gasteiger partial charge on any atom is -0.356 e. The molecule has 0 aromatic heterocycles. The van der Waals surface area contributed by atoms with Crippen molar-refractivity contribution >= 4 is 34.6 Å². The first-order valence-corrected chi connectivity index (χ1v) is 6.92. The molecule has 0 unspecified atom stereocenters. The van der Waals surface area contributed by atoms with E-state index in [1.807, 2.05) is 31.2 Å². The lowest BCUT2D eigenvalue weighted by molar-refractivity contribution is 0.628. The smallest absolute Gasteiger partial charge is 0.171 e. The highest BCUT2D eigenvalue weighted by molar-refractivity contribution is 7.80. The van der Waals surface area contributed by atoms with E-state index >= 15 is 0 Å². The van der Waals surface area contributed by atoms with Crippen molar-refractivity contribution in [3.63, 3.8) is 0 Å². The van der Waals surface area contributed by atoms with Crippen LogP contribution in [0.3, 0.4) is 0 Å². The highest BCUT2D eigenvalue weighted by Gasteiger charge is 2.07. The molecular weight excluding hydrogens is 295 g/mol.